The smallest absolute Gasteiger partial charge is 0.251 e. The van der Waals surface area contributed by atoms with Crippen LogP contribution in [0.4, 0.5) is 5.69 Å². The summed E-state index contributed by atoms with van der Waals surface area (Å²) in [6.07, 6.45) is 0. The Morgan fingerprint density at radius 1 is 0.935 bits per heavy atom. The molecule has 0 unspecified atom stereocenters. The molecule has 3 aromatic rings. The van der Waals surface area contributed by atoms with Gasteiger partial charge in [-0.1, -0.05) is 12.1 Å². The van der Waals surface area contributed by atoms with Gasteiger partial charge in [-0.3, -0.25) is 9.59 Å². The first kappa shape index (κ1) is 20.1. The van der Waals surface area contributed by atoms with Crippen molar-refractivity contribution in [3.8, 4) is 28.7 Å². The predicted octanol–water partition coefficient (Wildman–Crippen LogP) is 3.58. The molecule has 1 aliphatic heterocycles. The Morgan fingerprint density at radius 3 is 2.45 bits per heavy atom. The molecule has 1 aliphatic rings. The van der Waals surface area contributed by atoms with Gasteiger partial charge < -0.3 is 29.6 Å². The zero-order valence-electron chi connectivity index (χ0n) is 16.7. The van der Waals surface area contributed by atoms with E-state index in [0.29, 0.717) is 40.0 Å². The number of fused-ring (bicyclic) bond motifs is 1. The van der Waals surface area contributed by atoms with Crippen LogP contribution in [0.2, 0.25) is 0 Å². The highest BCUT2D eigenvalue weighted by Crippen LogP contribution is 2.33. The van der Waals surface area contributed by atoms with Crippen LogP contribution in [0.3, 0.4) is 0 Å². The number of carbonyl (C=O) groups excluding carboxylic acids is 2. The molecule has 0 aliphatic carbocycles. The quantitative estimate of drug-likeness (QED) is 0.607. The lowest BCUT2D eigenvalue weighted by Gasteiger charge is -2.11. The SMILES string of the molecule is COc1ccccc1Oc1ccc(NC(=O)CNC(=O)c2ccc3c(c2)OCO3)cc1. The number of carbonyl (C=O) groups is 2. The number of hydrogen-bond donors (Lipinski definition) is 2. The standard InChI is InChI=1S/C23H20N2O6/c1-28-18-4-2-3-5-20(18)31-17-9-7-16(8-10-17)25-22(26)13-24-23(27)15-6-11-19-21(12-15)30-14-29-19/h2-12H,13-14H2,1H3,(H,24,27)(H,25,26). The number of para-hydroxylation sites is 2. The average molecular weight is 420 g/mol. The van der Waals surface area contributed by atoms with Gasteiger partial charge in [0.1, 0.15) is 5.75 Å². The largest absolute Gasteiger partial charge is 0.493 e. The van der Waals surface area contributed by atoms with Crippen molar-refractivity contribution in [2.24, 2.45) is 0 Å². The Kier molecular flexibility index (Phi) is 5.89. The van der Waals surface area contributed by atoms with Crippen LogP contribution < -0.4 is 29.6 Å². The number of rotatable bonds is 7. The van der Waals surface area contributed by atoms with E-state index in [0.717, 1.165) is 0 Å². The topological polar surface area (TPSA) is 95.1 Å². The highest BCUT2D eigenvalue weighted by Gasteiger charge is 2.16. The number of amides is 2. The molecule has 8 heteroatoms. The number of benzene rings is 3. The van der Waals surface area contributed by atoms with Crippen LogP contribution >= 0.6 is 0 Å². The molecule has 0 saturated heterocycles. The van der Waals surface area contributed by atoms with E-state index in [2.05, 4.69) is 10.6 Å². The summed E-state index contributed by atoms with van der Waals surface area (Å²) in [4.78, 5) is 24.4. The van der Waals surface area contributed by atoms with Gasteiger partial charge in [0.05, 0.1) is 13.7 Å². The molecule has 8 nitrogen and oxygen atoms in total. The molecule has 31 heavy (non-hydrogen) atoms. The van der Waals surface area contributed by atoms with Crippen molar-refractivity contribution in [1.82, 2.24) is 5.32 Å². The van der Waals surface area contributed by atoms with Crippen molar-refractivity contribution < 1.29 is 28.5 Å². The molecule has 2 amide bonds. The molecule has 158 valence electrons. The van der Waals surface area contributed by atoms with Crippen LogP contribution in [0.15, 0.2) is 66.7 Å². The van der Waals surface area contributed by atoms with E-state index in [4.69, 9.17) is 18.9 Å². The number of anilines is 1. The van der Waals surface area contributed by atoms with Crippen molar-refractivity contribution in [2.45, 2.75) is 0 Å². The van der Waals surface area contributed by atoms with Gasteiger partial charge in [0.15, 0.2) is 23.0 Å². The summed E-state index contributed by atoms with van der Waals surface area (Å²) in [6, 6.07) is 19.0. The lowest BCUT2D eigenvalue weighted by molar-refractivity contribution is -0.115. The number of hydrogen-bond acceptors (Lipinski definition) is 6. The number of ether oxygens (including phenoxy) is 4. The predicted molar refractivity (Wildman–Crippen MR) is 113 cm³/mol. The second-order valence-corrected chi connectivity index (χ2v) is 6.58. The fourth-order valence-corrected chi connectivity index (χ4v) is 2.94. The first-order chi connectivity index (χ1) is 15.1. The molecule has 1 heterocycles. The van der Waals surface area contributed by atoms with Gasteiger partial charge in [-0.15, -0.1) is 0 Å². The van der Waals surface area contributed by atoms with Crippen LogP contribution in [-0.4, -0.2) is 32.3 Å². The molecule has 0 spiro atoms. The van der Waals surface area contributed by atoms with E-state index in [9.17, 15) is 9.59 Å². The molecular weight excluding hydrogens is 400 g/mol. The zero-order valence-corrected chi connectivity index (χ0v) is 16.7. The number of nitrogens with one attached hydrogen (secondary N) is 2. The van der Waals surface area contributed by atoms with E-state index in [1.807, 2.05) is 18.2 Å². The van der Waals surface area contributed by atoms with E-state index in [-0.39, 0.29) is 25.2 Å². The normalized spacial score (nSPS) is 11.5. The minimum atomic E-state index is -0.381. The molecule has 0 saturated carbocycles. The van der Waals surface area contributed by atoms with Crippen LogP contribution in [0.25, 0.3) is 0 Å². The maximum Gasteiger partial charge on any atom is 0.251 e. The highest BCUT2D eigenvalue weighted by molar-refractivity contribution is 5.99. The molecule has 3 aromatic carbocycles. The first-order valence-corrected chi connectivity index (χ1v) is 9.51. The molecule has 0 fully saturated rings. The summed E-state index contributed by atoms with van der Waals surface area (Å²) in [5.41, 5.74) is 0.963. The van der Waals surface area contributed by atoms with E-state index >= 15 is 0 Å². The van der Waals surface area contributed by atoms with E-state index in [1.54, 1.807) is 55.6 Å². The van der Waals surface area contributed by atoms with Crippen molar-refractivity contribution in [3.63, 3.8) is 0 Å². The van der Waals surface area contributed by atoms with Crippen LogP contribution in [0, 0.1) is 0 Å². The van der Waals surface area contributed by atoms with Gasteiger partial charge in [-0.2, -0.15) is 0 Å². The highest BCUT2D eigenvalue weighted by atomic mass is 16.7. The maximum absolute atomic E-state index is 12.3. The third-order valence-electron chi connectivity index (χ3n) is 4.48. The molecule has 0 bridgehead atoms. The summed E-state index contributed by atoms with van der Waals surface area (Å²) in [6.45, 7) is -0.0434. The summed E-state index contributed by atoms with van der Waals surface area (Å²) in [5, 5.41) is 5.31. The van der Waals surface area contributed by atoms with Crippen molar-refractivity contribution in [3.05, 3.63) is 72.3 Å². The van der Waals surface area contributed by atoms with Crippen LogP contribution in [0.5, 0.6) is 28.7 Å². The van der Waals surface area contributed by atoms with Crippen molar-refractivity contribution in [1.29, 1.82) is 0 Å². The monoisotopic (exact) mass is 420 g/mol. The zero-order chi connectivity index (χ0) is 21.6. The Labute approximate surface area is 178 Å². The third-order valence-corrected chi connectivity index (χ3v) is 4.48. The fourth-order valence-electron chi connectivity index (χ4n) is 2.94. The van der Waals surface area contributed by atoms with Crippen LogP contribution in [0.1, 0.15) is 10.4 Å². The third kappa shape index (κ3) is 4.87. The van der Waals surface area contributed by atoms with Gasteiger partial charge in [0.2, 0.25) is 12.7 Å². The summed E-state index contributed by atoms with van der Waals surface area (Å²) >= 11 is 0. The van der Waals surface area contributed by atoms with Gasteiger partial charge in [-0.05, 0) is 54.6 Å². The molecular formula is C23H20N2O6. The lowest BCUT2D eigenvalue weighted by atomic mass is 10.2. The Hall–Kier alpha value is -4.20. The minimum Gasteiger partial charge on any atom is -0.493 e. The van der Waals surface area contributed by atoms with E-state index < -0.39 is 0 Å². The van der Waals surface area contributed by atoms with Crippen molar-refractivity contribution in [2.75, 3.05) is 25.8 Å². The lowest BCUT2D eigenvalue weighted by Crippen LogP contribution is -2.32. The Bertz CT molecular complexity index is 1100. The van der Waals surface area contributed by atoms with Crippen LogP contribution in [-0.2, 0) is 4.79 Å². The second-order valence-electron chi connectivity index (χ2n) is 6.58. The van der Waals surface area contributed by atoms with Gasteiger partial charge >= 0.3 is 0 Å². The second kappa shape index (κ2) is 9.08. The Morgan fingerprint density at radius 2 is 1.68 bits per heavy atom. The summed E-state index contributed by atoms with van der Waals surface area (Å²) < 4.78 is 21.5. The fraction of sp³-hybridized carbons (Fsp3) is 0.130. The van der Waals surface area contributed by atoms with E-state index in [1.165, 1.54) is 0 Å². The summed E-state index contributed by atoms with van der Waals surface area (Å²) in [7, 11) is 1.58. The average Bonchev–Trinajstić information content (AvgIpc) is 3.27. The molecule has 2 N–H and O–H groups in total. The molecule has 4 rings (SSSR count). The molecule has 0 radical (unpaired) electrons. The minimum absolute atomic E-state index is 0.130. The van der Waals surface area contributed by atoms with Crippen molar-refractivity contribution >= 4 is 17.5 Å². The maximum atomic E-state index is 12.3. The van der Waals surface area contributed by atoms with Gasteiger partial charge in [0.25, 0.3) is 5.91 Å². The summed E-state index contributed by atoms with van der Waals surface area (Å²) in [5.74, 6) is 2.17. The van der Waals surface area contributed by atoms with Gasteiger partial charge in [0, 0.05) is 11.3 Å². The van der Waals surface area contributed by atoms with Gasteiger partial charge in [-0.25, -0.2) is 0 Å². The molecule has 0 aromatic heterocycles. The number of methoxy groups -OCH3 is 1. The first-order valence-electron chi connectivity index (χ1n) is 9.51. The molecule has 0 atom stereocenters. The Balaban J connectivity index is 1.29.